The van der Waals surface area contributed by atoms with Crippen molar-refractivity contribution >= 4 is 5.91 Å². The molecule has 0 N–H and O–H groups in total. The summed E-state index contributed by atoms with van der Waals surface area (Å²) in [6.45, 7) is 11.6. The summed E-state index contributed by atoms with van der Waals surface area (Å²) >= 11 is 0. The Kier molecular flexibility index (Phi) is 5.88. The fourth-order valence-electron chi connectivity index (χ4n) is 3.70. The van der Waals surface area contributed by atoms with E-state index in [0.717, 1.165) is 38.0 Å². The van der Waals surface area contributed by atoms with Crippen LogP contribution < -0.4 is 0 Å². The molecule has 2 aliphatic rings. The zero-order valence-corrected chi connectivity index (χ0v) is 13.6. The second-order valence-corrected chi connectivity index (χ2v) is 7.08. The lowest BCUT2D eigenvalue weighted by atomic mass is 9.80. The molecular weight excluding hydrogens is 248 g/mol. The van der Waals surface area contributed by atoms with Gasteiger partial charge in [0.05, 0.1) is 0 Å². The van der Waals surface area contributed by atoms with Gasteiger partial charge in [0.15, 0.2) is 0 Å². The first kappa shape index (κ1) is 15.8. The summed E-state index contributed by atoms with van der Waals surface area (Å²) in [5.41, 5.74) is 0. The van der Waals surface area contributed by atoms with Gasteiger partial charge in [0, 0.05) is 38.6 Å². The molecule has 1 saturated heterocycles. The van der Waals surface area contributed by atoms with Crippen molar-refractivity contribution in [1.82, 2.24) is 9.80 Å². The van der Waals surface area contributed by atoms with E-state index in [1.165, 1.54) is 38.6 Å². The maximum absolute atomic E-state index is 12.0. The van der Waals surface area contributed by atoms with Gasteiger partial charge >= 0.3 is 0 Å². The van der Waals surface area contributed by atoms with E-state index in [4.69, 9.17) is 0 Å². The van der Waals surface area contributed by atoms with E-state index in [2.05, 4.69) is 16.7 Å². The van der Waals surface area contributed by atoms with E-state index in [9.17, 15) is 4.79 Å². The molecule has 1 aliphatic carbocycles. The smallest absolute Gasteiger partial charge is 0.225 e. The number of amides is 1. The van der Waals surface area contributed by atoms with Crippen LogP contribution in [-0.2, 0) is 4.79 Å². The number of hydrogen-bond acceptors (Lipinski definition) is 2. The molecule has 0 aromatic carbocycles. The highest BCUT2D eigenvalue weighted by Crippen LogP contribution is 2.31. The summed E-state index contributed by atoms with van der Waals surface area (Å²) in [5, 5.41) is 0. The Morgan fingerprint density at radius 1 is 1.00 bits per heavy atom. The summed E-state index contributed by atoms with van der Waals surface area (Å²) in [7, 11) is 0. The number of carbonyl (C=O) groups excluding carboxylic acids is 1. The minimum atomic E-state index is 0.144. The molecule has 116 valence electrons. The Morgan fingerprint density at radius 2 is 1.55 bits per heavy atom. The fraction of sp³-hybridized carbons (Fsp3) is 0.941. The van der Waals surface area contributed by atoms with Crippen molar-refractivity contribution in [2.45, 2.75) is 52.9 Å². The molecule has 3 nitrogen and oxygen atoms in total. The number of rotatable bonds is 4. The molecule has 0 aromatic rings. The zero-order chi connectivity index (χ0) is 14.5. The summed E-state index contributed by atoms with van der Waals surface area (Å²) in [6.07, 6.45) is 7.08. The zero-order valence-electron chi connectivity index (χ0n) is 13.6. The van der Waals surface area contributed by atoms with Crippen molar-refractivity contribution in [3.8, 4) is 0 Å². The topological polar surface area (TPSA) is 23.6 Å². The van der Waals surface area contributed by atoms with Gasteiger partial charge in [-0.05, 0) is 24.7 Å². The minimum Gasteiger partial charge on any atom is -0.340 e. The molecule has 1 amide bonds. The summed E-state index contributed by atoms with van der Waals surface area (Å²) in [5.74, 6) is 2.37. The van der Waals surface area contributed by atoms with Gasteiger partial charge in [-0.1, -0.05) is 40.0 Å². The van der Waals surface area contributed by atoms with Crippen LogP contribution in [0.2, 0.25) is 0 Å². The molecule has 20 heavy (non-hydrogen) atoms. The molecule has 1 aliphatic heterocycles. The fourth-order valence-corrected chi connectivity index (χ4v) is 3.70. The van der Waals surface area contributed by atoms with Crippen LogP contribution >= 0.6 is 0 Å². The lowest BCUT2D eigenvalue weighted by Crippen LogP contribution is -2.50. The highest BCUT2D eigenvalue weighted by Gasteiger charge is 2.26. The van der Waals surface area contributed by atoms with Gasteiger partial charge in [0.25, 0.3) is 0 Å². The molecule has 0 bridgehead atoms. The van der Waals surface area contributed by atoms with E-state index >= 15 is 0 Å². The van der Waals surface area contributed by atoms with Crippen molar-refractivity contribution < 1.29 is 4.79 Å². The van der Waals surface area contributed by atoms with Gasteiger partial charge in [0.2, 0.25) is 5.91 Å². The third kappa shape index (κ3) is 4.21. The molecule has 0 atom stereocenters. The molecule has 0 aromatic heterocycles. The van der Waals surface area contributed by atoms with Crippen molar-refractivity contribution in [1.29, 1.82) is 0 Å². The Labute approximate surface area is 124 Å². The molecule has 0 unspecified atom stereocenters. The largest absolute Gasteiger partial charge is 0.340 e. The van der Waals surface area contributed by atoms with E-state index in [-0.39, 0.29) is 5.92 Å². The Balaban J connectivity index is 1.68. The molecule has 0 radical (unpaired) electrons. The van der Waals surface area contributed by atoms with Crippen molar-refractivity contribution in [2.75, 3.05) is 32.7 Å². The van der Waals surface area contributed by atoms with E-state index in [0.29, 0.717) is 5.91 Å². The number of nitrogens with zero attached hydrogens (tertiary/aromatic N) is 2. The number of carbonyl (C=O) groups is 1. The maximum Gasteiger partial charge on any atom is 0.225 e. The first-order valence-corrected chi connectivity index (χ1v) is 8.61. The SMILES string of the molecule is CC[C@H]1CC[C@H](CN2CCN(C(=O)C(C)C)CC2)CC1. The van der Waals surface area contributed by atoms with Gasteiger partial charge in [-0.2, -0.15) is 0 Å². The molecule has 1 heterocycles. The average Bonchev–Trinajstić information content (AvgIpc) is 2.48. The predicted molar refractivity (Wildman–Crippen MR) is 83.6 cm³/mol. The third-order valence-corrected chi connectivity index (χ3v) is 5.24. The highest BCUT2D eigenvalue weighted by atomic mass is 16.2. The number of piperazine rings is 1. The van der Waals surface area contributed by atoms with Crippen LogP contribution in [0.5, 0.6) is 0 Å². The van der Waals surface area contributed by atoms with Gasteiger partial charge in [-0.3, -0.25) is 9.69 Å². The standard InChI is InChI=1S/C17H32N2O/c1-4-15-5-7-16(8-6-15)13-18-9-11-19(12-10-18)17(20)14(2)3/h14-16H,4-13H2,1-3H3/t15-,16-. The van der Waals surface area contributed by atoms with Gasteiger partial charge < -0.3 is 4.90 Å². The van der Waals surface area contributed by atoms with Crippen LogP contribution in [0, 0.1) is 17.8 Å². The van der Waals surface area contributed by atoms with Crippen molar-refractivity contribution in [3.63, 3.8) is 0 Å². The normalized spacial score (nSPS) is 28.9. The predicted octanol–water partition coefficient (Wildman–Crippen LogP) is 3.00. The van der Waals surface area contributed by atoms with Gasteiger partial charge in [-0.15, -0.1) is 0 Å². The van der Waals surface area contributed by atoms with Gasteiger partial charge in [0.1, 0.15) is 0 Å². The summed E-state index contributed by atoms with van der Waals surface area (Å²) in [4.78, 5) is 16.6. The van der Waals surface area contributed by atoms with Crippen LogP contribution in [0.25, 0.3) is 0 Å². The molecule has 1 saturated carbocycles. The maximum atomic E-state index is 12.0. The number of hydrogen-bond donors (Lipinski definition) is 0. The first-order valence-electron chi connectivity index (χ1n) is 8.61. The van der Waals surface area contributed by atoms with Gasteiger partial charge in [-0.25, -0.2) is 0 Å². The Hall–Kier alpha value is -0.570. The monoisotopic (exact) mass is 280 g/mol. The van der Waals surface area contributed by atoms with Crippen molar-refractivity contribution in [3.05, 3.63) is 0 Å². The molecule has 0 spiro atoms. The Morgan fingerprint density at radius 3 is 2.05 bits per heavy atom. The quantitative estimate of drug-likeness (QED) is 0.790. The summed E-state index contributed by atoms with van der Waals surface area (Å²) < 4.78 is 0. The third-order valence-electron chi connectivity index (χ3n) is 5.24. The van der Waals surface area contributed by atoms with Crippen LogP contribution in [0.1, 0.15) is 52.9 Å². The Bertz CT molecular complexity index is 300. The molecule has 3 heteroatoms. The van der Waals surface area contributed by atoms with Crippen LogP contribution in [0.3, 0.4) is 0 Å². The second-order valence-electron chi connectivity index (χ2n) is 7.08. The summed E-state index contributed by atoms with van der Waals surface area (Å²) in [6, 6.07) is 0. The highest BCUT2D eigenvalue weighted by molar-refractivity contribution is 5.78. The van der Waals surface area contributed by atoms with Crippen molar-refractivity contribution in [2.24, 2.45) is 17.8 Å². The average molecular weight is 280 g/mol. The van der Waals surface area contributed by atoms with E-state index < -0.39 is 0 Å². The lowest BCUT2D eigenvalue weighted by Gasteiger charge is -2.38. The minimum absolute atomic E-state index is 0.144. The molecule has 2 rings (SSSR count). The van der Waals surface area contributed by atoms with E-state index in [1.807, 2.05) is 13.8 Å². The second kappa shape index (κ2) is 7.44. The first-order chi connectivity index (χ1) is 9.60. The lowest BCUT2D eigenvalue weighted by molar-refractivity contribution is -0.136. The van der Waals surface area contributed by atoms with Crippen LogP contribution in [0.15, 0.2) is 0 Å². The van der Waals surface area contributed by atoms with E-state index in [1.54, 1.807) is 0 Å². The van der Waals surface area contributed by atoms with Crippen LogP contribution in [0.4, 0.5) is 0 Å². The molecular formula is C17H32N2O. The van der Waals surface area contributed by atoms with Crippen LogP contribution in [-0.4, -0.2) is 48.4 Å². The molecule has 2 fully saturated rings.